The normalized spacial score (nSPS) is 15.5. The Morgan fingerprint density at radius 2 is 1.55 bits per heavy atom. The molecule has 1 unspecified atom stereocenters. The molecule has 158 valence electrons. The number of hydrogen-bond donors (Lipinski definition) is 1. The van der Waals surface area contributed by atoms with Crippen LogP contribution in [-0.4, -0.2) is 30.4 Å². The molecule has 1 saturated heterocycles. The van der Waals surface area contributed by atoms with Crippen LogP contribution >= 0.6 is 0 Å². The summed E-state index contributed by atoms with van der Waals surface area (Å²) >= 11 is 0. The molecule has 1 aliphatic rings. The number of ether oxygens (including phenoxy) is 2. The van der Waals surface area contributed by atoms with Crippen molar-refractivity contribution in [2.24, 2.45) is 5.73 Å². The van der Waals surface area contributed by atoms with Crippen LogP contribution in [0.25, 0.3) is 0 Å². The number of nitrogens with two attached hydrogens (primary N) is 1. The van der Waals surface area contributed by atoms with Crippen LogP contribution in [0.4, 0.5) is 0 Å². The molecule has 2 N–H and O–H groups in total. The first-order valence-electron chi connectivity index (χ1n) is 10.2. The molecule has 0 aromatic heterocycles. The smallest absolute Gasteiger partial charge is 0.254 e. The van der Waals surface area contributed by atoms with Crippen molar-refractivity contribution in [2.45, 2.75) is 18.9 Å². The molecule has 1 fully saturated rings. The van der Waals surface area contributed by atoms with Crippen molar-refractivity contribution in [3.05, 3.63) is 89.5 Å². The van der Waals surface area contributed by atoms with Gasteiger partial charge in [0.2, 0.25) is 5.91 Å². The third-order valence-corrected chi connectivity index (χ3v) is 5.47. The second-order valence-corrected chi connectivity index (χ2v) is 7.45. The van der Waals surface area contributed by atoms with E-state index in [4.69, 9.17) is 15.2 Å². The van der Waals surface area contributed by atoms with Gasteiger partial charge in [-0.15, -0.1) is 0 Å². The molecule has 0 saturated carbocycles. The van der Waals surface area contributed by atoms with Crippen molar-refractivity contribution in [3.63, 3.8) is 0 Å². The zero-order valence-electron chi connectivity index (χ0n) is 17.3. The molecule has 4 rings (SSSR count). The fraction of sp³-hybridized carbons (Fsp3) is 0.200. The van der Waals surface area contributed by atoms with E-state index in [1.165, 1.54) is 0 Å². The Balaban J connectivity index is 1.46. The minimum Gasteiger partial charge on any atom is -0.497 e. The van der Waals surface area contributed by atoms with Gasteiger partial charge in [-0.2, -0.15) is 0 Å². The molecule has 6 heteroatoms. The van der Waals surface area contributed by atoms with Crippen molar-refractivity contribution in [1.82, 2.24) is 4.90 Å². The molecule has 2 amide bonds. The van der Waals surface area contributed by atoms with Crippen molar-refractivity contribution in [2.75, 3.05) is 13.7 Å². The minimum absolute atomic E-state index is 0.00248. The Morgan fingerprint density at radius 3 is 2.16 bits per heavy atom. The largest absolute Gasteiger partial charge is 0.497 e. The molecule has 0 aliphatic carbocycles. The highest BCUT2D eigenvalue weighted by Gasteiger charge is 2.30. The number of hydrogen-bond acceptors (Lipinski definition) is 4. The van der Waals surface area contributed by atoms with E-state index in [0.717, 1.165) is 30.7 Å². The number of nitrogens with zero attached hydrogens (tertiary/aromatic N) is 1. The number of amides is 2. The lowest BCUT2D eigenvalue weighted by Gasteiger charge is -2.25. The number of rotatable bonds is 6. The lowest BCUT2D eigenvalue weighted by atomic mass is 10.0. The molecule has 0 radical (unpaired) electrons. The first-order valence-corrected chi connectivity index (χ1v) is 10.2. The summed E-state index contributed by atoms with van der Waals surface area (Å²) in [5, 5.41) is 0. The van der Waals surface area contributed by atoms with Gasteiger partial charge in [0, 0.05) is 17.7 Å². The van der Waals surface area contributed by atoms with Gasteiger partial charge in [-0.1, -0.05) is 12.1 Å². The van der Waals surface area contributed by atoms with Crippen molar-refractivity contribution in [3.8, 4) is 17.2 Å². The number of carbonyl (C=O) groups is 2. The maximum atomic E-state index is 13.2. The lowest BCUT2D eigenvalue weighted by molar-refractivity contribution is 0.0735. The van der Waals surface area contributed by atoms with E-state index in [1.54, 1.807) is 55.6 Å². The van der Waals surface area contributed by atoms with Crippen LogP contribution in [0, 0.1) is 0 Å². The van der Waals surface area contributed by atoms with Crippen molar-refractivity contribution in [1.29, 1.82) is 0 Å². The van der Waals surface area contributed by atoms with Gasteiger partial charge in [-0.25, -0.2) is 0 Å². The fourth-order valence-corrected chi connectivity index (χ4v) is 3.86. The second kappa shape index (κ2) is 8.92. The molecule has 1 heterocycles. The van der Waals surface area contributed by atoms with Crippen LogP contribution in [0.1, 0.15) is 45.2 Å². The first-order chi connectivity index (χ1) is 15.0. The summed E-state index contributed by atoms with van der Waals surface area (Å²) in [6, 6.07) is 21.6. The van der Waals surface area contributed by atoms with E-state index >= 15 is 0 Å². The average molecular weight is 416 g/mol. The average Bonchev–Trinajstić information content (AvgIpc) is 3.29. The molecule has 3 aromatic carbocycles. The van der Waals surface area contributed by atoms with Crippen LogP contribution in [-0.2, 0) is 0 Å². The van der Waals surface area contributed by atoms with Gasteiger partial charge < -0.3 is 20.1 Å². The van der Waals surface area contributed by atoms with Crippen LogP contribution in [0.3, 0.4) is 0 Å². The molecule has 0 spiro atoms. The number of methoxy groups -OCH3 is 1. The fourth-order valence-electron chi connectivity index (χ4n) is 3.86. The molecule has 0 bridgehead atoms. The van der Waals surface area contributed by atoms with Gasteiger partial charge in [0.1, 0.15) is 17.2 Å². The number of primary amides is 1. The van der Waals surface area contributed by atoms with E-state index in [0.29, 0.717) is 22.6 Å². The van der Waals surface area contributed by atoms with Gasteiger partial charge in [0.05, 0.1) is 13.2 Å². The summed E-state index contributed by atoms with van der Waals surface area (Å²) in [6.45, 7) is 0.727. The van der Waals surface area contributed by atoms with Gasteiger partial charge in [0.25, 0.3) is 5.91 Å². The van der Waals surface area contributed by atoms with E-state index in [1.807, 2.05) is 29.2 Å². The standard InChI is InChI=1S/C25H24N2O4/c1-30-22-5-2-4-19(16-22)23-6-3-15-27(23)25(29)18-9-13-21(14-10-18)31-20-11-7-17(8-12-20)24(26)28/h2,4-5,7-14,16,23H,3,6,15H2,1H3,(H2,26,28). The van der Waals surface area contributed by atoms with Crippen LogP contribution in [0.2, 0.25) is 0 Å². The third kappa shape index (κ3) is 4.53. The molecule has 1 aliphatic heterocycles. The Kier molecular flexibility index (Phi) is 5.89. The number of benzene rings is 3. The van der Waals surface area contributed by atoms with E-state index in [-0.39, 0.29) is 11.9 Å². The topological polar surface area (TPSA) is 81.9 Å². The summed E-state index contributed by atoms with van der Waals surface area (Å²) < 4.78 is 11.1. The molecule has 1 atom stereocenters. The lowest BCUT2D eigenvalue weighted by Crippen LogP contribution is -2.30. The summed E-state index contributed by atoms with van der Waals surface area (Å²) in [7, 11) is 1.65. The zero-order valence-corrected chi connectivity index (χ0v) is 17.3. The highest BCUT2D eigenvalue weighted by Crippen LogP contribution is 2.34. The molecule has 6 nitrogen and oxygen atoms in total. The highest BCUT2D eigenvalue weighted by atomic mass is 16.5. The highest BCUT2D eigenvalue weighted by molar-refractivity contribution is 5.95. The van der Waals surface area contributed by atoms with Gasteiger partial charge in [-0.3, -0.25) is 9.59 Å². The zero-order chi connectivity index (χ0) is 21.8. The second-order valence-electron chi connectivity index (χ2n) is 7.45. The van der Waals surface area contributed by atoms with E-state index < -0.39 is 5.91 Å². The Bertz CT molecular complexity index is 1080. The quantitative estimate of drug-likeness (QED) is 0.638. The minimum atomic E-state index is -0.483. The van der Waals surface area contributed by atoms with E-state index in [9.17, 15) is 9.59 Å². The van der Waals surface area contributed by atoms with Crippen molar-refractivity contribution < 1.29 is 19.1 Å². The number of carbonyl (C=O) groups excluding carboxylic acids is 2. The summed E-state index contributed by atoms with van der Waals surface area (Å²) in [5.41, 5.74) is 7.38. The first kappa shape index (κ1) is 20.5. The molecule has 31 heavy (non-hydrogen) atoms. The molecule has 3 aromatic rings. The van der Waals surface area contributed by atoms with Gasteiger partial charge >= 0.3 is 0 Å². The van der Waals surface area contributed by atoms with Crippen molar-refractivity contribution >= 4 is 11.8 Å². The van der Waals surface area contributed by atoms with Crippen LogP contribution in [0.15, 0.2) is 72.8 Å². The monoisotopic (exact) mass is 416 g/mol. The Morgan fingerprint density at radius 1 is 0.903 bits per heavy atom. The predicted octanol–water partition coefficient (Wildman–Crippen LogP) is 4.56. The third-order valence-electron chi connectivity index (χ3n) is 5.47. The summed E-state index contributed by atoms with van der Waals surface area (Å²) in [5.74, 6) is 1.50. The van der Waals surface area contributed by atoms with Gasteiger partial charge in [-0.05, 0) is 79.1 Å². The summed E-state index contributed by atoms with van der Waals surface area (Å²) in [4.78, 5) is 26.3. The SMILES string of the molecule is COc1cccc(C2CCCN2C(=O)c2ccc(Oc3ccc(C(N)=O)cc3)cc2)c1. The molecular formula is C25H24N2O4. The Labute approximate surface area is 181 Å². The van der Waals surface area contributed by atoms with Crippen LogP contribution in [0.5, 0.6) is 17.2 Å². The molecular weight excluding hydrogens is 392 g/mol. The predicted molar refractivity (Wildman–Crippen MR) is 117 cm³/mol. The summed E-state index contributed by atoms with van der Waals surface area (Å²) in [6.07, 6.45) is 1.90. The van der Waals surface area contributed by atoms with Crippen LogP contribution < -0.4 is 15.2 Å². The Hall–Kier alpha value is -3.80. The maximum absolute atomic E-state index is 13.2. The van der Waals surface area contributed by atoms with Gasteiger partial charge in [0.15, 0.2) is 0 Å². The van der Waals surface area contributed by atoms with E-state index in [2.05, 4.69) is 0 Å². The maximum Gasteiger partial charge on any atom is 0.254 e. The number of likely N-dealkylation sites (tertiary alicyclic amines) is 1.